The highest BCUT2D eigenvalue weighted by Gasteiger charge is 2.18. The first-order valence-electron chi connectivity index (χ1n) is 9.78. The summed E-state index contributed by atoms with van der Waals surface area (Å²) >= 11 is 0. The second kappa shape index (κ2) is 8.75. The molecule has 154 valence electrons. The Kier molecular flexibility index (Phi) is 5.71. The Labute approximate surface area is 179 Å². The van der Waals surface area contributed by atoms with Crippen LogP contribution >= 0.6 is 0 Å². The maximum absolute atomic E-state index is 13.4. The van der Waals surface area contributed by atoms with E-state index in [1.165, 1.54) is 18.3 Å². The highest BCUT2D eigenvalue weighted by atomic mass is 19.1. The van der Waals surface area contributed by atoms with Gasteiger partial charge >= 0.3 is 0 Å². The number of hydrogen-bond acceptors (Lipinski definition) is 3. The predicted molar refractivity (Wildman–Crippen MR) is 117 cm³/mol. The lowest BCUT2D eigenvalue weighted by atomic mass is 9.97. The van der Waals surface area contributed by atoms with E-state index < -0.39 is 5.91 Å². The highest BCUT2D eigenvalue weighted by Crippen LogP contribution is 2.18. The summed E-state index contributed by atoms with van der Waals surface area (Å²) in [5.41, 5.74) is 3.43. The van der Waals surface area contributed by atoms with E-state index in [0.717, 1.165) is 11.1 Å². The molecule has 0 fully saturated rings. The van der Waals surface area contributed by atoms with Crippen LogP contribution in [0.2, 0.25) is 0 Å². The van der Waals surface area contributed by atoms with E-state index in [0.29, 0.717) is 23.4 Å². The molecule has 31 heavy (non-hydrogen) atoms. The van der Waals surface area contributed by atoms with E-state index in [9.17, 15) is 14.0 Å². The third-order valence-electron chi connectivity index (χ3n) is 4.85. The number of carbonyl (C=O) groups excluding carboxylic acids is 2. The van der Waals surface area contributed by atoms with Crippen molar-refractivity contribution in [3.63, 3.8) is 0 Å². The molecule has 1 aromatic heterocycles. The molecule has 1 amide bonds. The molecular weight excluding hydrogens is 393 g/mol. The van der Waals surface area contributed by atoms with Crippen molar-refractivity contribution in [2.75, 3.05) is 5.32 Å². The topological polar surface area (TPSA) is 64.0 Å². The Morgan fingerprint density at radius 1 is 0.968 bits per heavy atom. The van der Waals surface area contributed by atoms with Crippen LogP contribution < -0.4 is 5.32 Å². The third-order valence-corrected chi connectivity index (χ3v) is 4.85. The summed E-state index contributed by atoms with van der Waals surface area (Å²) in [5.74, 6) is -0.929. The van der Waals surface area contributed by atoms with Gasteiger partial charge in [-0.05, 0) is 30.7 Å². The van der Waals surface area contributed by atoms with Gasteiger partial charge in [-0.2, -0.15) is 5.10 Å². The van der Waals surface area contributed by atoms with Crippen molar-refractivity contribution in [3.8, 4) is 0 Å². The van der Waals surface area contributed by atoms with Gasteiger partial charge < -0.3 is 5.32 Å². The summed E-state index contributed by atoms with van der Waals surface area (Å²) in [6.07, 6.45) is 3.18. The van der Waals surface area contributed by atoms with Crippen LogP contribution in [0.4, 0.5) is 10.1 Å². The maximum Gasteiger partial charge on any atom is 0.256 e. The fourth-order valence-electron chi connectivity index (χ4n) is 3.27. The molecule has 0 saturated heterocycles. The minimum atomic E-state index is -0.402. The average Bonchev–Trinajstić information content (AvgIpc) is 3.20. The van der Waals surface area contributed by atoms with Crippen molar-refractivity contribution in [3.05, 3.63) is 119 Å². The molecule has 0 bridgehead atoms. The van der Waals surface area contributed by atoms with Crippen LogP contribution in [0.1, 0.15) is 37.4 Å². The molecule has 0 aliphatic heterocycles. The molecule has 0 aliphatic carbocycles. The van der Waals surface area contributed by atoms with Crippen LogP contribution in [0.25, 0.3) is 0 Å². The standard InChI is InChI=1S/C25H20FN3O2/c1-17-9-11-19(12-10-17)24(30)22-7-2-3-8-23(22)25(31)28-21-14-27-29(16-21)15-18-5-4-6-20(26)13-18/h2-14,16H,15H2,1H3,(H,28,31). The molecule has 1 N–H and O–H groups in total. The molecule has 3 aromatic carbocycles. The zero-order valence-corrected chi connectivity index (χ0v) is 16.9. The number of carbonyl (C=O) groups is 2. The molecule has 5 nitrogen and oxygen atoms in total. The monoisotopic (exact) mass is 413 g/mol. The minimum Gasteiger partial charge on any atom is -0.319 e. The summed E-state index contributed by atoms with van der Waals surface area (Å²) < 4.78 is 15.0. The number of nitrogens with one attached hydrogen (secondary N) is 1. The summed E-state index contributed by atoms with van der Waals surface area (Å²) in [4.78, 5) is 25.8. The molecule has 4 aromatic rings. The molecule has 0 saturated carbocycles. The van der Waals surface area contributed by atoms with Gasteiger partial charge in [0.25, 0.3) is 5.91 Å². The molecular formula is C25H20FN3O2. The van der Waals surface area contributed by atoms with E-state index in [-0.39, 0.29) is 17.2 Å². The van der Waals surface area contributed by atoms with Crippen LogP contribution in [0.3, 0.4) is 0 Å². The molecule has 0 radical (unpaired) electrons. The number of ketones is 1. The number of nitrogens with zero attached hydrogens (tertiary/aromatic N) is 2. The van der Waals surface area contributed by atoms with Gasteiger partial charge in [0.15, 0.2) is 5.78 Å². The first kappa shape index (κ1) is 20.2. The summed E-state index contributed by atoms with van der Waals surface area (Å²) in [7, 11) is 0. The van der Waals surface area contributed by atoms with Crippen molar-refractivity contribution in [2.45, 2.75) is 13.5 Å². The number of amides is 1. The van der Waals surface area contributed by atoms with Crippen LogP contribution in [-0.2, 0) is 6.54 Å². The van der Waals surface area contributed by atoms with Crippen LogP contribution in [0, 0.1) is 12.7 Å². The number of rotatable bonds is 6. The first-order chi connectivity index (χ1) is 15.0. The van der Waals surface area contributed by atoms with Gasteiger partial charge in [0.05, 0.1) is 24.0 Å². The van der Waals surface area contributed by atoms with Gasteiger partial charge in [0.2, 0.25) is 0 Å². The van der Waals surface area contributed by atoms with Gasteiger partial charge in [-0.15, -0.1) is 0 Å². The van der Waals surface area contributed by atoms with Gasteiger partial charge in [-0.3, -0.25) is 14.3 Å². The van der Waals surface area contributed by atoms with Crippen molar-refractivity contribution in [1.29, 1.82) is 0 Å². The van der Waals surface area contributed by atoms with Crippen molar-refractivity contribution in [2.24, 2.45) is 0 Å². The van der Waals surface area contributed by atoms with Gasteiger partial charge in [-0.1, -0.05) is 60.2 Å². The quantitative estimate of drug-likeness (QED) is 0.459. The second-order valence-corrected chi connectivity index (χ2v) is 7.25. The lowest BCUT2D eigenvalue weighted by molar-refractivity contribution is 0.0996. The Morgan fingerprint density at radius 2 is 1.71 bits per heavy atom. The molecule has 0 unspecified atom stereocenters. The van der Waals surface area contributed by atoms with Crippen LogP contribution in [-0.4, -0.2) is 21.5 Å². The lowest BCUT2D eigenvalue weighted by Gasteiger charge is -2.09. The van der Waals surface area contributed by atoms with Crippen LogP contribution in [0.15, 0.2) is 85.2 Å². The zero-order chi connectivity index (χ0) is 21.8. The van der Waals surface area contributed by atoms with E-state index in [2.05, 4.69) is 10.4 Å². The lowest BCUT2D eigenvalue weighted by Crippen LogP contribution is -2.16. The number of aromatic nitrogens is 2. The van der Waals surface area contributed by atoms with Crippen LogP contribution in [0.5, 0.6) is 0 Å². The Bertz CT molecular complexity index is 1250. The van der Waals surface area contributed by atoms with Gasteiger partial charge in [0.1, 0.15) is 5.82 Å². The highest BCUT2D eigenvalue weighted by molar-refractivity contribution is 6.17. The molecule has 1 heterocycles. The van der Waals surface area contributed by atoms with Gasteiger partial charge in [0, 0.05) is 17.3 Å². The van der Waals surface area contributed by atoms with E-state index in [1.807, 2.05) is 19.1 Å². The maximum atomic E-state index is 13.4. The summed E-state index contributed by atoms with van der Waals surface area (Å²) in [6, 6.07) is 20.2. The fourth-order valence-corrected chi connectivity index (χ4v) is 3.27. The third kappa shape index (κ3) is 4.75. The van der Waals surface area contributed by atoms with Crippen molar-refractivity contribution < 1.29 is 14.0 Å². The first-order valence-corrected chi connectivity index (χ1v) is 9.78. The number of aryl methyl sites for hydroxylation is 1. The van der Waals surface area contributed by atoms with E-state index in [1.54, 1.807) is 59.4 Å². The normalized spacial score (nSPS) is 10.6. The van der Waals surface area contributed by atoms with Gasteiger partial charge in [-0.25, -0.2) is 4.39 Å². The Hall–Kier alpha value is -4.06. The largest absolute Gasteiger partial charge is 0.319 e. The molecule has 0 spiro atoms. The number of halogens is 1. The summed E-state index contributed by atoms with van der Waals surface area (Å²) in [5, 5.41) is 7.00. The second-order valence-electron chi connectivity index (χ2n) is 7.25. The Balaban J connectivity index is 1.51. The molecule has 0 atom stereocenters. The van der Waals surface area contributed by atoms with E-state index in [4.69, 9.17) is 0 Å². The predicted octanol–water partition coefficient (Wildman–Crippen LogP) is 4.86. The number of anilines is 1. The minimum absolute atomic E-state index is 0.215. The van der Waals surface area contributed by atoms with E-state index >= 15 is 0 Å². The average molecular weight is 413 g/mol. The summed E-state index contributed by atoms with van der Waals surface area (Å²) in [6.45, 7) is 2.32. The smallest absolute Gasteiger partial charge is 0.256 e. The SMILES string of the molecule is Cc1ccc(C(=O)c2ccccc2C(=O)Nc2cnn(Cc3cccc(F)c3)c2)cc1. The molecule has 4 rings (SSSR count). The number of hydrogen-bond donors (Lipinski definition) is 1. The fraction of sp³-hybridized carbons (Fsp3) is 0.0800. The number of benzene rings is 3. The molecule has 6 heteroatoms. The Morgan fingerprint density at radius 3 is 2.45 bits per heavy atom. The zero-order valence-electron chi connectivity index (χ0n) is 16.9. The molecule has 0 aliphatic rings. The van der Waals surface area contributed by atoms with Crippen molar-refractivity contribution in [1.82, 2.24) is 9.78 Å². The van der Waals surface area contributed by atoms with Crippen molar-refractivity contribution >= 4 is 17.4 Å².